The predicted octanol–water partition coefficient (Wildman–Crippen LogP) is 2.52. The lowest BCUT2D eigenvalue weighted by molar-refractivity contribution is 0.380. The molecule has 2 atom stereocenters. The molecule has 0 amide bonds. The van der Waals surface area contributed by atoms with Crippen molar-refractivity contribution in [1.29, 1.82) is 0 Å². The minimum absolute atomic E-state index is 0.148. The number of hydrogen-bond donors (Lipinski definition) is 2. The monoisotopic (exact) mass is 214 g/mol. The minimum Gasteiger partial charge on any atom is -0.271 e. The fourth-order valence-electron chi connectivity index (χ4n) is 1.53. The molecule has 2 unspecified atom stereocenters. The smallest absolute Gasteiger partial charge is 0.159 e. The van der Waals surface area contributed by atoms with Crippen LogP contribution in [0.3, 0.4) is 0 Å². The first-order valence-electron chi connectivity index (χ1n) is 5.01. The minimum atomic E-state index is -0.837. The molecule has 84 valence electrons. The molecule has 2 nitrogen and oxygen atoms in total. The maximum Gasteiger partial charge on any atom is 0.159 e. The number of hydrogen-bond acceptors (Lipinski definition) is 2. The third-order valence-electron chi connectivity index (χ3n) is 2.70. The van der Waals surface area contributed by atoms with Crippen LogP contribution in [-0.2, 0) is 0 Å². The van der Waals surface area contributed by atoms with E-state index in [1.165, 1.54) is 6.07 Å². The first-order valence-corrected chi connectivity index (χ1v) is 5.01. The van der Waals surface area contributed by atoms with E-state index in [9.17, 15) is 8.78 Å². The predicted molar refractivity (Wildman–Crippen MR) is 55.9 cm³/mol. The molecule has 15 heavy (non-hydrogen) atoms. The summed E-state index contributed by atoms with van der Waals surface area (Å²) in [5.74, 6) is 4.00. The van der Waals surface area contributed by atoms with Gasteiger partial charge in [0, 0.05) is 6.04 Å². The quantitative estimate of drug-likeness (QED) is 0.597. The summed E-state index contributed by atoms with van der Waals surface area (Å²) >= 11 is 0. The van der Waals surface area contributed by atoms with Crippen molar-refractivity contribution in [3.8, 4) is 0 Å². The van der Waals surface area contributed by atoms with Gasteiger partial charge in [-0.05, 0) is 23.6 Å². The van der Waals surface area contributed by atoms with Crippen LogP contribution in [0, 0.1) is 17.6 Å². The van der Waals surface area contributed by atoms with Crippen molar-refractivity contribution >= 4 is 0 Å². The van der Waals surface area contributed by atoms with Crippen LogP contribution in [0.5, 0.6) is 0 Å². The number of benzene rings is 1. The van der Waals surface area contributed by atoms with E-state index < -0.39 is 11.6 Å². The molecule has 0 aliphatic rings. The van der Waals surface area contributed by atoms with Crippen LogP contribution in [0.15, 0.2) is 18.2 Å². The maximum atomic E-state index is 13.0. The lowest BCUT2D eigenvalue weighted by Crippen LogP contribution is -2.32. The Bertz CT molecular complexity index is 328. The topological polar surface area (TPSA) is 38.0 Å². The van der Waals surface area contributed by atoms with E-state index in [-0.39, 0.29) is 12.0 Å². The van der Waals surface area contributed by atoms with Gasteiger partial charge in [-0.1, -0.05) is 26.3 Å². The molecule has 0 bridgehead atoms. The molecule has 0 radical (unpaired) electrons. The molecule has 0 saturated heterocycles. The summed E-state index contributed by atoms with van der Waals surface area (Å²) < 4.78 is 25.7. The molecular formula is C11H16F2N2. The highest BCUT2D eigenvalue weighted by atomic mass is 19.2. The van der Waals surface area contributed by atoms with Gasteiger partial charge in [-0.2, -0.15) is 0 Å². The zero-order chi connectivity index (χ0) is 11.4. The van der Waals surface area contributed by atoms with E-state index in [4.69, 9.17) is 5.84 Å². The van der Waals surface area contributed by atoms with Gasteiger partial charge < -0.3 is 0 Å². The SMILES string of the molecule is CCC(C)C(NN)c1ccc(F)c(F)c1. The fraction of sp³-hybridized carbons (Fsp3) is 0.455. The number of halogens is 2. The third-order valence-corrected chi connectivity index (χ3v) is 2.70. The number of nitrogens with one attached hydrogen (secondary N) is 1. The van der Waals surface area contributed by atoms with Crippen molar-refractivity contribution in [3.05, 3.63) is 35.4 Å². The lowest BCUT2D eigenvalue weighted by atomic mass is 9.93. The highest BCUT2D eigenvalue weighted by Gasteiger charge is 2.17. The molecule has 0 aliphatic heterocycles. The van der Waals surface area contributed by atoms with E-state index in [0.717, 1.165) is 12.5 Å². The van der Waals surface area contributed by atoms with Crippen molar-refractivity contribution < 1.29 is 8.78 Å². The van der Waals surface area contributed by atoms with Crippen LogP contribution in [0.1, 0.15) is 31.9 Å². The first kappa shape index (κ1) is 12.1. The van der Waals surface area contributed by atoms with Gasteiger partial charge in [-0.25, -0.2) is 8.78 Å². The van der Waals surface area contributed by atoms with E-state index in [1.807, 2.05) is 13.8 Å². The molecule has 0 aromatic heterocycles. The summed E-state index contributed by atoms with van der Waals surface area (Å²) in [7, 11) is 0. The molecule has 0 aliphatic carbocycles. The van der Waals surface area contributed by atoms with Gasteiger partial charge in [0.1, 0.15) is 0 Å². The highest BCUT2D eigenvalue weighted by Crippen LogP contribution is 2.24. The van der Waals surface area contributed by atoms with Crippen molar-refractivity contribution in [2.75, 3.05) is 0 Å². The second-order valence-electron chi connectivity index (χ2n) is 3.70. The molecule has 1 aromatic rings. The Balaban J connectivity index is 2.97. The summed E-state index contributed by atoms with van der Waals surface area (Å²) in [6.07, 6.45) is 0.911. The fourth-order valence-corrected chi connectivity index (χ4v) is 1.53. The zero-order valence-corrected chi connectivity index (χ0v) is 8.93. The molecule has 4 heteroatoms. The van der Waals surface area contributed by atoms with Gasteiger partial charge in [0.2, 0.25) is 0 Å². The third kappa shape index (κ3) is 2.73. The standard InChI is InChI=1S/C11H16F2N2/c1-3-7(2)11(15-14)8-4-5-9(12)10(13)6-8/h4-7,11,15H,3,14H2,1-2H3. The summed E-state index contributed by atoms with van der Waals surface area (Å²) in [5.41, 5.74) is 3.30. The second-order valence-corrected chi connectivity index (χ2v) is 3.70. The Labute approximate surface area is 88.4 Å². The zero-order valence-electron chi connectivity index (χ0n) is 8.93. The van der Waals surface area contributed by atoms with Crippen molar-refractivity contribution in [3.63, 3.8) is 0 Å². The largest absolute Gasteiger partial charge is 0.271 e. The van der Waals surface area contributed by atoms with Crippen LogP contribution < -0.4 is 11.3 Å². The van der Waals surface area contributed by atoms with Gasteiger partial charge >= 0.3 is 0 Å². The van der Waals surface area contributed by atoms with E-state index in [0.29, 0.717) is 5.56 Å². The molecule has 3 N–H and O–H groups in total. The van der Waals surface area contributed by atoms with Gasteiger partial charge in [-0.15, -0.1) is 0 Å². The van der Waals surface area contributed by atoms with E-state index in [1.54, 1.807) is 6.07 Å². The molecule has 0 fully saturated rings. The summed E-state index contributed by atoms with van der Waals surface area (Å²) in [6, 6.07) is 3.71. The summed E-state index contributed by atoms with van der Waals surface area (Å²) in [5, 5.41) is 0. The second kappa shape index (κ2) is 5.19. The van der Waals surface area contributed by atoms with Crippen LogP contribution in [0.2, 0.25) is 0 Å². The average molecular weight is 214 g/mol. The average Bonchev–Trinajstić information content (AvgIpc) is 2.24. The Morgan fingerprint density at radius 3 is 2.47 bits per heavy atom. The number of rotatable bonds is 4. The molecular weight excluding hydrogens is 198 g/mol. The maximum absolute atomic E-state index is 13.0. The number of hydrazine groups is 1. The Kier molecular flexibility index (Phi) is 4.17. The number of nitrogens with two attached hydrogens (primary N) is 1. The van der Waals surface area contributed by atoms with Crippen LogP contribution in [-0.4, -0.2) is 0 Å². The molecule has 0 spiro atoms. The van der Waals surface area contributed by atoms with Gasteiger partial charge in [0.05, 0.1) is 0 Å². The van der Waals surface area contributed by atoms with E-state index in [2.05, 4.69) is 5.43 Å². The van der Waals surface area contributed by atoms with E-state index >= 15 is 0 Å². The summed E-state index contributed by atoms with van der Waals surface area (Å²) in [4.78, 5) is 0. The molecule has 0 saturated carbocycles. The molecule has 0 heterocycles. The molecule has 1 aromatic carbocycles. The Morgan fingerprint density at radius 1 is 1.33 bits per heavy atom. The van der Waals surface area contributed by atoms with Crippen LogP contribution >= 0.6 is 0 Å². The van der Waals surface area contributed by atoms with Crippen LogP contribution in [0.25, 0.3) is 0 Å². The van der Waals surface area contributed by atoms with Crippen LogP contribution in [0.4, 0.5) is 8.78 Å². The van der Waals surface area contributed by atoms with Crippen molar-refractivity contribution in [1.82, 2.24) is 5.43 Å². The van der Waals surface area contributed by atoms with Gasteiger partial charge in [0.15, 0.2) is 11.6 Å². The normalized spacial score (nSPS) is 15.0. The first-order chi connectivity index (χ1) is 7.10. The highest BCUT2D eigenvalue weighted by molar-refractivity contribution is 5.21. The lowest BCUT2D eigenvalue weighted by Gasteiger charge is -2.22. The Morgan fingerprint density at radius 2 is 2.00 bits per heavy atom. The van der Waals surface area contributed by atoms with Gasteiger partial charge in [0.25, 0.3) is 0 Å². The molecule has 1 rings (SSSR count). The summed E-state index contributed by atoms with van der Waals surface area (Å²) in [6.45, 7) is 4.03. The Hall–Kier alpha value is -1.00. The van der Waals surface area contributed by atoms with Crippen molar-refractivity contribution in [2.24, 2.45) is 11.8 Å². The van der Waals surface area contributed by atoms with Crippen molar-refractivity contribution in [2.45, 2.75) is 26.3 Å². The van der Waals surface area contributed by atoms with Gasteiger partial charge in [-0.3, -0.25) is 11.3 Å².